The zero-order valence-electron chi connectivity index (χ0n) is 14.2. The lowest BCUT2D eigenvalue weighted by Gasteiger charge is -2.22. The van der Waals surface area contributed by atoms with Gasteiger partial charge < -0.3 is 10.0 Å². The first-order valence-electron chi connectivity index (χ1n) is 8.23. The summed E-state index contributed by atoms with van der Waals surface area (Å²) in [6.45, 7) is 0.477. The smallest absolute Gasteiger partial charge is 0.129 e. The van der Waals surface area contributed by atoms with Crippen LogP contribution in [0, 0.1) is 0 Å². The molecule has 0 amide bonds. The molecule has 126 valence electrons. The summed E-state index contributed by atoms with van der Waals surface area (Å²) >= 11 is 0. The van der Waals surface area contributed by atoms with Crippen molar-refractivity contribution in [3.63, 3.8) is 0 Å². The van der Waals surface area contributed by atoms with Crippen molar-refractivity contribution < 1.29 is 5.11 Å². The van der Waals surface area contributed by atoms with Crippen LogP contribution in [0.4, 0.5) is 5.82 Å². The number of rotatable bonds is 6. The van der Waals surface area contributed by atoms with Crippen molar-refractivity contribution in [3.05, 3.63) is 89.9 Å². The molecule has 0 radical (unpaired) electrons. The molecule has 0 spiro atoms. The Morgan fingerprint density at radius 1 is 0.920 bits per heavy atom. The highest BCUT2D eigenvalue weighted by molar-refractivity contribution is 5.66. The average Bonchev–Trinajstić information content (AvgIpc) is 2.68. The zero-order chi connectivity index (χ0) is 17.5. The maximum Gasteiger partial charge on any atom is 0.129 e. The number of nitrogens with zero attached hydrogens (tertiary/aromatic N) is 3. The molecule has 25 heavy (non-hydrogen) atoms. The molecule has 3 rings (SSSR count). The van der Waals surface area contributed by atoms with Gasteiger partial charge in [-0.05, 0) is 42.0 Å². The van der Waals surface area contributed by atoms with Crippen LogP contribution in [0.15, 0.2) is 72.9 Å². The summed E-state index contributed by atoms with van der Waals surface area (Å²) < 4.78 is 0. The number of pyridine rings is 2. The molecule has 0 aliphatic rings. The largest absolute Gasteiger partial charge is 0.387 e. The van der Waals surface area contributed by atoms with Gasteiger partial charge >= 0.3 is 0 Å². The molecular weight excluding hydrogens is 310 g/mol. The van der Waals surface area contributed by atoms with Gasteiger partial charge in [0.05, 0.1) is 17.5 Å². The first-order chi connectivity index (χ1) is 12.2. The molecule has 0 saturated heterocycles. The lowest BCUT2D eigenvalue weighted by molar-refractivity contribution is 0.185. The Labute approximate surface area is 148 Å². The number of likely N-dealkylation sites (N-methyl/N-ethyl adjacent to an activating group) is 1. The van der Waals surface area contributed by atoms with E-state index in [1.807, 2.05) is 90.8 Å². The van der Waals surface area contributed by atoms with Crippen LogP contribution >= 0.6 is 0 Å². The normalized spacial score (nSPS) is 12.2. The Hall–Kier alpha value is -2.98. The topological polar surface area (TPSA) is 49.2 Å². The third-order valence-electron chi connectivity index (χ3n) is 3.89. The molecule has 0 aliphatic carbocycles. The van der Waals surface area contributed by atoms with E-state index >= 15 is 0 Å². The molecule has 1 unspecified atom stereocenters. The molecule has 3 aromatic rings. The molecule has 4 nitrogen and oxygen atoms in total. The average molecular weight is 331 g/mol. The Morgan fingerprint density at radius 2 is 1.64 bits per heavy atom. The summed E-state index contributed by atoms with van der Waals surface area (Å²) in [6, 6.07) is 21.3. The van der Waals surface area contributed by atoms with Gasteiger partial charge in [0, 0.05) is 19.8 Å². The lowest BCUT2D eigenvalue weighted by Crippen LogP contribution is -2.25. The highest BCUT2D eigenvalue weighted by Gasteiger charge is 2.11. The molecule has 1 N–H and O–H groups in total. The molecule has 2 heterocycles. The first-order valence-corrected chi connectivity index (χ1v) is 8.23. The van der Waals surface area contributed by atoms with Crippen molar-refractivity contribution in [1.29, 1.82) is 0 Å². The highest BCUT2D eigenvalue weighted by Crippen LogP contribution is 2.17. The summed E-state index contributed by atoms with van der Waals surface area (Å²) in [5.74, 6) is 0.818. The molecule has 0 bridgehead atoms. The third kappa shape index (κ3) is 4.75. The molecule has 0 saturated carbocycles. The molecular formula is C21H21N3O. The fourth-order valence-electron chi connectivity index (χ4n) is 2.52. The van der Waals surface area contributed by atoms with Crippen molar-refractivity contribution in [3.8, 4) is 0 Å². The van der Waals surface area contributed by atoms with Gasteiger partial charge in [-0.25, -0.2) is 4.98 Å². The summed E-state index contributed by atoms with van der Waals surface area (Å²) in [7, 11) is 1.93. The molecule has 1 aromatic carbocycles. The van der Waals surface area contributed by atoms with Gasteiger partial charge in [-0.1, -0.05) is 42.5 Å². The van der Waals surface area contributed by atoms with Crippen LogP contribution in [0.3, 0.4) is 0 Å². The number of hydrogen-bond acceptors (Lipinski definition) is 4. The number of aromatic nitrogens is 2. The summed E-state index contributed by atoms with van der Waals surface area (Å²) in [4.78, 5) is 10.9. The Kier molecular flexibility index (Phi) is 5.54. The third-order valence-corrected chi connectivity index (χ3v) is 3.89. The minimum absolute atomic E-state index is 0.477. The Bertz CT molecular complexity index is 819. The van der Waals surface area contributed by atoms with Gasteiger partial charge in [-0.2, -0.15) is 0 Å². The van der Waals surface area contributed by atoms with Crippen LogP contribution < -0.4 is 4.90 Å². The second-order valence-corrected chi connectivity index (χ2v) is 5.82. The quantitative estimate of drug-likeness (QED) is 0.746. The van der Waals surface area contributed by atoms with Crippen molar-refractivity contribution in [2.45, 2.75) is 6.10 Å². The molecule has 0 aliphatic heterocycles. The fourth-order valence-corrected chi connectivity index (χ4v) is 2.52. The van der Waals surface area contributed by atoms with Gasteiger partial charge in [0.25, 0.3) is 0 Å². The van der Waals surface area contributed by atoms with E-state index in [9.17, 15) is 5.11 Å². The van der Waals surface area contributed by atoms with E-state index in [1.165, 1.54) is 0 Å². The van der Waals surface area contributed by atoms with Crippen LogP contribution in [-0.4, -0.2) is 28.7 Å². The minimum Gasteiger partial charge on any atom is -0.387 e. The number of benzene rings is 1. The number of anilines is 1. The van der Waals surface area contributed by atoms with Crippen molar-refractivity contribution in [1.82, 2.24) is 9.97 Å². The van der Waals surface area contributed by atoms with Gasteiger partial charge in [-0.15, -0.1) is 0 Å². The maximum atomic E-state index is 10.4. The number of aliphatic hydroxyl groups excluding tert-OH is 1. The zero-order valence-corrected chi connectivity index (χ0v) is 14.2. The highest BCUT2D eigenvalue weighted by atomic mass is 16.3. The molecule has 4 heteroatoms. The van der Waals surface area contributed by atoms with Gasteiger partial charge in [0.2, 0.25) is 0 Å². The van der Waals surface area contributed by atoms with Crippen LogP contribution in [0.25, 0.3) is 12.2 Å². The van der Waals surface area contributed by atoms with Crippen molar-refractivity contribution >= 4 is 18.0 Å². The predicted molar refractivity (Wildman–Crippen MR) is 102 cm³/mol. The monoisotopic (exact) mass is 331 g/mol. The number of aliphatic hydroxyl groups is 1. The van der Waals surface area contributed by atoms with Crippen LogP contribution in [-0.2, 0) is 0 Å². The van der Waals surface area contributed by atoms with Gasteiger partial charge in [0.1, 0.15) is 5.82 Å². The molecule has 1 atom stereocenters. The Balaban J connectivity index is 1.69. The van der Waals surface area contributed by atoms with Crippen molar-refractivity contribution in [2.75, 3.05) is 18.5 Å². The van der Waals surface area contributed by atoms with E-state index in [2.05, 4.69) is 9.97 Å². The molecule has 0 fully saturated rings. The van der Waals surface area contributed by atoms with E-state index < -0.39 is 6.10 Å². The summed E-state index contributed by atoms with van der Waals surface area (Å²) in [6.07, 6.45) is 5.08. The maximum absolute atomic E-state index is 10.4. The summed E-state index contributed by atoms with van der Waals surface area (Å²) in [5, 5.41) is 10.4. The fraction of sp³-hybridized carbons (Fsp3) is 0.143. The predicted octanol–water partition coefficient (Wildman–Crippen LogP) is 3.82. The van der Waals surface area contributed by atoms with E-state index in [-0.39, 0.29) is 0 Å². The minimum atomic E-state index is -0.555. The van der Waals surface area contributed by atoms with Crippen LogP contribution in [0.1, 0.15) is 23.1 Å². The number of hydrogen-bond donors (Lipinski definition) is 1. The van der Waals surface area contributed by atoms with E-state index in [4.69, 9.17) is 0 Å². The van der Waals surface area contributed by atoms with E-state index in [0.29, 0.717) is 6.54 Å². The van der Waals surface area contributed by atoms with E-state index in [0.717, 1.165) is 22.8 Å². The van der Waals surface area contributed by atoms with Gasteiger partial charge in [0.15, 0.2) is 0 Å². The van der Waals surface area contributed by atoms with Crippen LogP contribution in [0.2, 0.25) is 0 Å². The van der Waals surface area contributed by atoms with Crippen LogP contribution in [0.5, 0.6) is 0 Å². The Morgan fingerprint density at radius 3 is 2.40 bits per heavy atom. The first kappa shape index (κ1) is 16.9. The molecule has 2 aromatic heterocycles. The second kappa shape index (κ2) is 8.22. The second-order valence-electron chi connectivity index (χ2n) is 5.82. The lowest BCUT2D eigenvalue weighted by atomic mass is 10.1. The van der Waals surface area contributed by atoms with Crippen molar-refractivity contribution in [2.24, 2.45) is 0 Å². The SMILES string of the molecule is CN(CC(O)c1ccccc1)c1cccc(/C=C/c2ccccn2)n1. The van der Waals surface area contributed by atoms with E-state index in [1.54, 1.807) is 6.20 Å². The summed E-state index contributed by atoms with van der Waals surface area (Å²) in [5.41, 5.74) is 2.65. The standard InChI is InChI=1S/C21H21N3O/c1-24(16-20(25)17-8-3-2-4-9-17)21-12-7-11-19(23-21)14-13-18-10-5-6-15-22-18/h2-15,20,25H,16H2,1H3/b14-13+. The van der Waals surface area contributed by atoms with Gasteiger partial charge in [-0.3, -0.25) is 4.98 Å².